The Kier molecular flexibility index (Phi) is 2.88. The summed E-state index contributed by atoms with van der Waals surface area (Å²) in [5.74, 6) is -0.236. The lowest BCUT2D eigenvalue weighted by molar-refractivity contribution is 0.101. The molecule has 13 heavy (non-hydrogen) atoms. The van der Waals surface area contributed by atoms with Gasteiger partial charge in [-0.05, 0) is 41.6 Å². The summed E-state index contributed by atoms with van der Waals surface area (Å²) in [6.45, 7) is 1.42. The average molecular weight is 287 g/mol. The summed E-state index contributed by atoms with van der Waals surface area (Å²) in [5.41, 5.74) is 0.631. The third kappa shape index (κ3) is 1.80. The maximum Gasteiger partial charge on any atom is 0.161 e. The molecule has 0 heterocycles. The molecule has 0 fully saturated rings. The minimum absolute atomic E-state index is 0.115. The summed E-state index contributed by atoms with van der Waals surface area (Å²) in [5, 5.41) is 18.0. The van der Waals surface area contributed by atoms with Crippen molar-refractivity contribution in [3.63, 3.8) is 0 Å². The molecule has 1 N–H and O–H groups in total. The third-order valence-electron chi connectivity index (χ3n) is 1.62. The molecule has 1 aromatic carbocycles. The molecule has 0 aliphatic rings. The molecule has 0 unspecified atom stereocenters. The van der Waals surface area contributed by atoms with Gasteiger partial charge in [0.25, 0.3) is 0 Å². The molecule has 3 nitrogen and oxygen atoms in total. The fraction of sp³-hybridized carbons (Fsp3) is 0.111. The highest BCUT2D eigenvalue weighted by Gasteiger charge is 2.12. The quantitative estimate of drug-likeness (QED) is 0.635. The first-order valence-electron chi connectivity index (χ1n) is 3.50. The lowest BCUT2D eigenvalue weighted by atomic mass is 10.1. The van der Waals surface area contributed by atoms with Crippen LogP contribution in [0.25, 0.3) is 0 Å². The first-order chi connectivity index (χ1) is 6.07. The lowest BCUT2D eigenvalue weighted by Crippen LogP contribution is -1.97. The number of nitriles is 1. The largest absolute Gasteiger partial charge is 0.505 e. The second kappa shape index (κ2) is 3.75. The maximum absolute atomic E-state index is 11.0. The Morgan fingerprint density at radius 2 is 2.23 bits per heavy atom. The van der Waals surface area contributed by atoms with E-state index in [-0.39, 0.29) is 17.1 Å². The van der Waals surface area contributed by atoms with Gasteiger partial charge in [-0.2, -0.15) is 5.26 Å². The van der Waals surface area contributed by atoms with Crippen LogP contribution in [0.1, 0.15) is 22.8 Å². The normalized spacial score (nSPS) is 9.31. The Hall–Kier alpha value is -1.09. The highest BCUT2D eigenvalue weighted by molar-refractivity contribution is 14.1. The van der Waals surface area contributed by atoms with Gasteiger partial charge < -0.3 is 5.11 Å². The summed E-state index contributed by atoms with van der Waals surface area (Å²) in [6.07, 6.45) is 0. The van der Waals surface area contributed by atoms with Gasteiger partial charge >= 0.3 is 0 Å². The number of nitrogens with zero attached hydrogens (tertiary/aromatic N) is 1. The number of phenols is 1. The number of carbonyl (C=O) groups excluding carboxylic acids is 1. The Morgan fingerprint density at radius 3 is 2.69 bits per heavy atom. The van der Waals surface area contributed by atoms with Gasteiger partial charge in [0.1, 0.15) is 11.8 Å². The van der Waals surface area contributed by atoms with Crippen molar-refractivity contribution >= 4 is 28.4 Å². The van der Waals surface area contributed by atoms with Crippen LogP contribution >= 0.6 is 22.6 Å². The highest BCUT2D eigenvalue weighted by atomic mass is 127. The van der Waals surface area contributed by atoms with Crippen LogP contribution in [0.15, 0.2) is 12.1 Å². The zero-order chi connectivity index (χ0) is 10.0. The van der Waals surface area contributed by atoms with E-state index in [1.165, 1.54) is 13.0 Å². The number of hydrogen-bond acceptors (Lipinski definition) is 3. The van der Waals surface area contributed by atoms with Gasteiger partial charge in [-0.15, -0.1) is 0 Å². The van der Waals surface area contributed by atoms with Gasteiger partial charge in [-0.3, -0.25) is 4.79 Å². The number of rotatable bonds is 1. The predicted molar refractivity (Wildman–Crippen MR) is 55.5 cm³/mol. The second-order valence-corrected chi connectivity index (χ2v) is 3.57. The van der Waals surface area contributed by atoms with Crippen molar-refractivity contribution in [1.82, 2.24) is 0 Å². The molecule has 66 valence electrons. The number of carbonyl (C=O) groups is 1. The average Bonchev–Trinajstić information content (AvgIpc) is 2.09. The van der Waals surface area contributed by atoms with Gasteiger partial charge in [0.15, 0.2) is 5.78 Å². The smallest absolute Gasteiger partial charge is 0.161 e. The van der Waals surface area contributed by atoms with E-state index >= 15 is 0 Å². The van der Waals surface area contributed by atoms with Gasteiger partial charge in [0.05, 0.1) is 9.13 Å². The molecule has 0 aliphatic heterocycles. The van der Waals surface area contributed by atoms with Crippen molar-refractivity contribution in [3.05, 3.63) is 26.8 Å². The molecule has 0 aliphatic carbocycles. The topological polar surface area (TPSA) is 61.1 Å². The van der Waals surface area contributed by atoms with E-state index < -0.39 is 0 Å². The molecule has 0 atom stereocenters. The standard InChI is InChI=1S/C9H6INO2/c1-5(12)7-3-2-6(4-11)9(13)8(7)10/h2-3,13H,1H3. The van der Waals surface area contributed by atoms with Crippen LogP contribution in [0.5, 0.6) is 5.75 Å². The molecule has 0 saturated heterocycles. The van der Waals surface area contributed by atoms with Crippen LogP contribution in [-0.4, -0.2) is 10.9 Å². The third-order valence-corrected chi connectivity index (χ3v) is 2.71. The fourth-order valence-electron chi connectivity index (χ4n) is 0.927. The van der Waals surface area contributed by atoms with Crippen molar-refractivity contribution in [1.29, 1.82) is 5.26 Å². The summed E-state index contributed by atoms with van der Waals surface area (Å²) in [7, 11) is 0. The molecular formula is C9H6INO2. The van der Waals surface area contributed by atoms with Crippen molar-refractivity contribution < 1.29 is 9.90 Å². The SMILES string of the molecule is CC(=O)c1ccc(C#N)c(O)c1I. The number of aromatic hydroxyl groups is 1. The van der Waals surface area contributed by atoms with Gasteiger partial charge in [-0.1, -0.05) is 0 Å². The number of Topliss-reactive ketones (excluding diaryl/α,β-unsaturated/α-hetero) is 1. The van der Waals surface area contributed by atoms with E-state index in [1.807, 2.05) is 28.7 Å². The van der Waals surface area contributed by atoms with E-state index in [2.05, 4.69) is 0 Å². The van der Waals surface area contributed by atoms with Crippen LogP contribution in [0.3, 0.4) is 0 Å². The summed E-state index contributed by atoms with van der Waals surface area (Å²) >= 11 is 1.85. The zero-order valence-corrected chi connectivity index (χ0v) is 8.99. The first-order valence-corrected chi connectivity index (χ1v) is 4.58. The molecule has 4 heteroatoms. The summed E-state index contributed by atoms with van der Waals surface area (Å²) in [4.78, 5) is 11.0. The number of ketones is 1. The Bertz CT molecular complexity index is 407. The number of hydrogen-bond donors (Lipinski definition) is 1. The molecule has 0 spiro atoms. The molecule has 1 aromatic rings. The Balaban J connectivity index is 3.42. The molecule has 1 rings (SSSR count). The van der Waals surface area contributed by atoms with Crippen LogP contribution in [0.4, 0.5) is 0 Å². The monoisotopic (exact) mass is 287 g/mol. The van der Waals surface area contributed by atoms with E-state index in [4.69, 9.17) is 5.26 Å². The van der Waals surface area contributed by atoms with Crippen LogP contribution in [0.2, 0.25) is 0 Å². The van der Waals surface area contributed by atoms with Gasteiger partial charge in [0.2, 0.25) is 0 Å². The van der Waals surface area contributed by atoms with Crippen LogP contribution in [0, 0.1) is 14.9 Å². The fourth-order valence-corrected chi connectivity index (χ4v) is 1.78. The molecule has 0 amide bonds. The highest BCUT2D eigenvalue weighted by Crippen LogP contribution is 2.27. The minimum atomic E-state index is -0.121. The lowest BCUT2D eigenvalue weighted by Gasteiger charge is -2.03. The molecule has 0 saturated carbocycles. The number of halogens is 1. The molecule has 0 aromatic heterocycles. The second-order valence-electron chi connectivity index (χ2n) is 2.49. The van der Waals surface area contributed by atoms with Crippen LogP contribution < -0.4 is 0 Å². The van der Waals surface area contributed by atoms with Crippen molar-refractivity contribution in [3.8, 4) is 11.8 Å². The van der Waals surface area contributed by atoms with E-state index in [1.54, 1.807) is 6.07 Å². The number of phenolic OH excluding ortho intramolecular Hbond substituents is 1. The molecular weight excluding hydrogens is 281 g/mol. The molecule has 0 radical (unpaired) electrons. The van der Waals surface area contributed by atoms with Crippen molar-refractivity contribution in [2.24, 2.45) is 0 Å². The van der Waals surface area contributed by atoms with Gasteiger partial charge in [0, 0.05) is 5.56 Å². The summed E-state index contributed by atoms with van der Waals surface area (Å²) < 4.78 is 0.434. The number of benzene rings is 1. The van der Waals surface area contributed by atoms with E-state index in [9.17, 15) is 9.90 Å². The Labute approximate surface area is 89.1 Å². The predicted octanol–water partition coefficient (Wildman–Crippen LogP) is 2.07. The first kappa shape index (κ1) is 9.99. The van der Waals surface area contributed by atoms with Crippen molar-refractivity contribution in [2.45, 2.75) is 6.92 Å². The zero-order valence-electron chi connectivity index (χ0n) is 6.84. The van der Waals surface area contributed by atoms with E-state index in [0.29, 0.717) is 9.13 Å². The van der Waals surface area contributed by atoms with Crippen molar-refractivity contribution in [2.75, 3.05) is 0 Å². The minimum Gasteiger partial charge on any atom is -0.505 e. The van der Waals surface area contributed by atoms with Gasteiger partial charge in [-0.25, -0.2) is 0 Å². The maximum atomic E-state index is 11.0. The Morgan fingerprint density at radius 1 is 1.62 bits per heavy atom. The van der Waals surface area contributed by atoms with E-state index in [0.717, 1.165) is 0 Å². The van der Waals surface area contributed by atoms with Crippen LogP contribution in [-0.2, 0) is 0 Å². The molecule has 0 bridgehead atoms. The summed E-state index contributed by atoms with van der Waals surface area (Å²) in [6, 6.07) is 4.82.